The van der Waals surface area contributed by atoms with Gasteiger partial charge in [0.2, 0.25) is 0 Å². The number of sulfone groups is 1. The van der Waals surface area contributed by atoms with Gasteiger partial charge < -0.3 is 4.74 Å². The number of hydrogen-bond donors (Lipinski definition) is 0. The predicted molar refractivity (Wildman–Crippen MR) is 69.4 cm³/mol. The normalized spacial score (nSPS) is 17.2. The molecule has 0 amide bonds. The Morgan fingerprint density at radius 2 is 1.54 bits per heavy atom. The maximum absolute atomic E-state index is 14.6. The number of hydrogen-bond acceptors (Lipinski definition) is 4. The standard InChI is InChI=1S/C12H17F7O4S/c1-3-8(12(17,18)19)4-5-10(13,9(20)23-2)24(21,22)7-6-11(14,15)16/h8H,3-7H2,1-2H3. The van der Waals surface area contributed by atoms with Crippen LogP contribution in [0.1, 0.15) is 32.6 Å². The summed E-state index contributed by atoms with van der Waals surface area (Å²) in [6, 6.07) is 0. The van der Waals surface area contributed by atoms with Crippen molar-refractivity contribution in [2.75, 3.05) is 12.9 Å². The highest BCUT2D eigenvalue weighted by molar-refractivity contribution is 7.93. The van der Waals surface area contributed by atoms with Crippen LogP contribution in [0.2, 0.25) is 0 Å². The minimum atomic E-state index is -5.34. The maximum atomic E-state index is 14.6. The summed E-state index contributed by atoms with van der Waals surface area (Å²) in [5.41, 5.74) is 0. The van der Waals surface area contributed by atoms with E-state index in [4.69, 9.17) is 0 Å². The maximum Gasteiger partial charge on any atom is 0.391 e. The Bertz CT molecular complexity index is 527. The van der Waals surface area contributed by atoms with Crippen LogP contribution in [0.5, 0.6) is 0 Å². The number of methoxy groups -OCH3 is 1. The van der Waals surface area contributed by atoms with Gasteiger partial charge in [0.05, 0.1) is 25.2 Å². The Balaban J connectivity index is 5.46. The number of ether oxygens (including phenoxy) is 1. The van der Waals surface area contributed by atoms with E-state index in [0.717, 1.165) is 6.92 Å². The quantitative estimate of drug-likeness (QED) is 0.470. The number of carbonyl (C=O) groups excluding carboxylic acids is 1. The third-order valence-corrected chi connectivity index (χ3v) is 5.51. The highest BCUT2D eigenvalue weighted by Gasteiger charge is 2.54. The third-order valence-electron chi connectivity index (χ3n) is 3.41. The molecule has 12 heteroatoms. The van der Waals surface area contributed by atoms with Crippen molar-refractivity contribution in [2.45, 2.75) is 50.0 Å². The van der Waals surface area contributed by atoms with Crippen molar-refractivity contribution in [3.8, 4) is 0 Å². The summed E-state index contributed by atoms with van der Waals surface area (Å²) in [7, 11) is -4.76. The van der Waals surface area contributed by atoms with Crippen molar-refractivity contribution in [1.29, 1.82) is 0 Å². The van der Waals surface area contributed by atoms with Gasteiger partial charge in [-0.15, -0.1) is 0 Å². The van der Waals surface area contributed by atoms with E-state index in [2.05, 4.69) is 4.74 Å². The molecule has 0 N–H and O–H groups in total. The van der Waals surface area contributed by atoms with Crippen molar-refractivity contribution < 1.29 is 48.7 Å². The molecule has 0 saturated heterocycles. The molecule has 0 bridgehead atoms. The highest BCUT2D eigenvalue weighted by Crippen LogP contribution is 2.37. The second-order valence-corrected chi connectivity index (χ2v) is 7.37. The fourth-order valence-electron chi connectivity index (χ4n) is 1.91. The molecule has 0 fully saturated rings. The molecular formula is C12H17F7O4S. The summed E-state index contributed by atoms with van der Waals surface area (Å²) >= 11 is 0. The molecular weight excluding hydrogens is 373 g/mol. The number of halogens is 7. The molecule has 0 aliphatic rings. The lowest BCUT2D eigenvalue weighted by Crippen LogP contribution is -2.45. The largest absolute Gasteiger partial charge is 0.466 e. The molecule has 2 atom stereocenters. The Labute approximate surface area is 134 Å². The molecule has 0 radical (unpaired) electrons. The van der Waals surface area contributed by atoms with Crippen molar-refractivity contribution in [2.24, 2.45) is 5.92 Å². The van der Waals surface area contributed by atoms with Crippen LogP contribution in [-0.4, -0.2) is 44.6 Å². The van der Waals surface area contributed by atoms with E-state index >= 15 is 0 Å². The zero-order valence-corrected chi connectivity index (χ0v) is 13.6. The average Bonchev–Trinajstić information content (AvgIpc) is 2.42. The molecule has 0 aliphatic carbocycles. The van der Waals surface area contributed by atoms with E-state index in [-0.39, 0.29) is 0 Å². The summed E-state index contributed by atoms with van der Waals surface area (Å²) in [6.07, 6.45) is -14.7. The van der Waals surface area contributed by atoms with E-state index in [1.807, 2.05) is 0 Å². The minimum absolute atomic E-state index is 0.511. The molecule has 4 nitrogen and oxygen atoms in total. The second kappa shape index (κ2) is 7.87. The van der Waals surface area contributed by atoms with Gasteiger partial charge in [-0.1, -0.05) is 6.92 Å². The SMILES string of the molecule is CCC(CCC(F)(C(=O)OC)S(=O)(=O)CCC(F)(F)F)C(F)(F)F. The lowest BCUT2D eigenvalue weighted by atomic mass is 9.98. The Morgan fingerprint density at radius 1 is 1.04 bits per heavy atom. The summed E-state index contributed by atoms with van der Waals surface area (Å²) in [5, 5.41) is -3.97. The van der Waals surface area contributed by atoms with E-state index in [1.54, 1.807) is 0 Å². The van der Waals surface area contributed by atoms with Crippen LogP contribution in [0.25, 0.3) is 0 Å². The molecule has 0 aliphatic heterocycles. The van der Waals surface area contributed by atoms with Crippen LogP contribution < -0.4 is 0 Å². The molecule has 2 unspecified atom stereocenters. The Morgan fingerprint density at radius 3 is 1.88 bits per heavy atom. The van der Waals surface area contributed by atoms with Crippen LogP contribution in [0.15, 0.2) is 0 Å². The molecule has 144 valence electrons. The lowest BCUT2D eigenvalue weighted by Gasteiger charge is -2.26. The van der Waals surface area contributed by atoms with Gasteiger partial charge in [0.15, 0.2) is 9.84 Å². The molecule has 0 aromatic rings. The fraction of sp³-hybridized carbons (Fsp3) is 0.917. The lowest BCUT2D eigenvalue weighted by molar-refractivity contribution is -0.179. The average molecular weight is 390 g/mol. The molecule has 0 aromatic heterocycles. The van der Waals surface area contributed by atoms with Crippen molar-refractivity contribution >= 4 is 15.8 Å². The number of rotatable bonds is 8. The van der Waals surface area contributed by atoms with E-state index in [9.17, 15) is 43.9 Å². The highest BCUT2D eigenvalue weighted by atomic mass is 32.2. The number of esters is 1. The van der Waals surface area contributed by atoms with E-state index in [1.165, 1.54) is 0 Å². The molecule has 0 aromatic carbocycles. The first-order valence-corrected chi connectivity index (χ1v) is 8.39. The zero-order valence-electron chi connectivity index (χ0n) is 12.8. The van der Waals surface area contributed by atoms with Crippen molar-refractivity contribution in [1.82, 2.24) is 0 Å². The molecule has 0 saturated carbocycles. The zero-order chi connectivity index (χ0) is 19.4. The molecule has 0 spiro atoms. The van der Waals surface area contributed by atoms with Gasteiger partial charge in [-0.2, -0.15) is 26.3 Å². The fourth-order valence-corrected chi connectivity index (χ4v) is 3.50. The number of alkyl halides is 7. The van der Waals surface area contributed by atoms with Gasteiger partial charge in [0, 0.05) is 6.42 Å². The summed E-state index contributed by atoms with van der Waals surface area (Å²) in [6.45, 7) is 1.12. The Kier molecular flexibility index (Phi) is 7.52. The summed E-state index contributed by atoms with van der Waals surface area (Å²) in [4.78, 5) is 11.4. The first kappa shape index (κ1) is 22.9. The smallest absolute Gasteiger partial charge is 0.391 e. The summed E-state index contributed by atoms with van der Waals surface area (Å²) < 4.78 is 116. The molecule has 0 rings (SSSR count). The van der Waals surface area contributed by atoms with Crippen LogP contribution >= 0.6 is 0 Å². The van der Waals surface area contributed by atoms with Gasteiger partial charge >= 0.3 is 23.3 Å². The van der Waals surface area contributed by atoms with E-state index in [0.29, 0.717) is 7.11 Å². The van der Waals surface area contributed by atoms with Crippen molar-refractivity contribution in [3.63, 3.8) is 0 Å². The van der Waals surface area contributed by atoms with Gasteiger partial charge in [0.1, 0.15) is 0 Å². The van der Waals surface area contributed by atoms with Gasteiger partial charge in [-0.25, -0.2) is 17.6 Å². The van der Waals surface area contributed by atoms with Gasteiger partial charge in [-0.05, 0) is 12.8 Å². The third kappa shape index (κ3) is 6.10. The molecule has 24 heavy (non-hydrogen) atoms. The van der Waals surface area contributed by atoms with Crippen molar-refractivity contribution in [3.05, 3.63) is 0 Å². The Hall–Kier alpha value is -1.07. The first-order chi connectivity index (χ1) is 10.6. The van der Waals surface area contributed by atoms with E-state index < -0.39 is 70.5 Å². The predicted octanol–water partition coefficient (Wildman–Crippen LogP) is 3.56. The monoisotopic (exact) mass is 390 g/mol. The number of carbonyl (C=O) groups is 1. The molecule has 0 heterocycles. The van der Waals surface area contributed by atoms with Crippen LogP contribution in [0.4, 0.5) is 30.7 Å². The second-order valence-electron chi connectivity index (χ2n) is 5.09. The van der Waals surface area contributed by atoms with Gasteiger partial charge in [0.25, 0.3) is 0 Å². The topological polar surface area (TPSA) is 60.4 Å². The first-order valence-electron chi connectivity index (χ1n) is 6.73. The summed E-state index contributed by atoms with van der Waals surface area (Å²) in [5.74, 6) is -5.91. The van der Waals surface area contributed by atoms with Crippen LogP contribution in [-0.2, 0) is 19.4 Å². The van der Waals surface area contributed by atoms with Crippen LogP contribution in [0.3, 0.4) is 0 Å². The minimum Gasteiger partial charge on any atom is -0.466 e. The van der Waals surface area contributed by atoms with Crippen LogP contribution in [0, 0.1) is 5.92 Å². The van der Waals surface area contributed by atoms with Gasteiger partial charge in [-0.3, -0.25) is 0 Å².